The fourth-order valence-electron chi connectivity index (χ4n) is 3.89. The second-order valence-corrected chi connectivity index (χ2v) is 12.2. The Kier molecular flexibility index (Phi) is 17.1. The Morgan fingerprint density at radius 2 is 1.70 bits per heavy atom. The maximum Gasteiger partial charge on any atom is 0.407 e. The number of alkyl carbamates (subject to hydrolysis) is 1. The summed E-state index contributed by atoms with van der Waals surface area (Å²) in [5.41, 5.74) is -0.640. The highest BCUT2D eigenvalue weighted by atomic mass is 32.1. The molecule has 0 radical (unpaired) electrons. The molecule has 1 aliphatic rings. The average Bonchev–Trinajstić information content (AvgIpc) is 2.90. The number of nitrogens with one attached hydrogen (secondary N) is 5. The predicted molar refractivity (Wildman–Crippen MR) is 168 cm³/mol. The van der Waals surface area contributed by atoms with Gasteiger partial charge < -0.3 is 36.1 Å². The monoisotopic (exact) mass is 645 g/mol. The number of allylic oxidation sites excluding steroid dienone is 1. The first-order valence-corrected chi connectivity index (χ1v) is 15.7. The van der Waals surface area contributed by atoms with Crippen LogP contribution in [0.1, 0.15) is 66.7 Å². The molecule has 0 aromatic rings. The Morgan fingerprint density at radius 1 is 1.02 bits per heavy atom. The number of cyclic esters (lactones) is 1. The Balaban J connectivity index is 3.14. The summed E-state index contributed by atoms with van der Waals surface area (Å²) in [7, 11) is 0. The molecular weight excluding hydrogens is 598 g/mol. The van der Waals surface area contributed by atoms with Crippen LogP contribution in [0.4, 0.5) is 4.79 Å². The minimum absolute atomic E-state index is 0.0746. The van der Waals surface area contributed by atoms with Crippen molar-refractivity contribution in [1.29, 1.82) is 0 Å². The summed E-state index contributed by atoms with van der Waals surface area (Å²) in [6.07, 6.45) is 3.15. The van der Waals surface area contributed by atoms with Crippen LogP contribution in [0.2, 0.25) is 0 Å². The molecule has 1 fully saturated rings. The second kappa shape index (κ2) is 19.4. The van der Waals surface area contributed by atoms with E-state index in [9.17, 15) is 28.8 Å². The number of rotatable bonds is 10. The number of hydrogen-bond acceptors (Lipinski definition) is 10. The summed E-state index contributed by atoms with van der Waals surface area (Å²) in [5, 5.41) is 13.0. The fraction of sp³-hybridized carbons (Fsp3) is 0.714. The standard InChI is InChI=1S/C28H47N5O8S2/c1-17(2)23-26(38)30-15-22(35)40-18(10-7-9-13-42)14-21(34)31-19(24(36)32-20(16-43)25(37)33-23)11-6-8-12-29-27(39)41-28(3,4)5/h7,10,17-20,23,42-43H,6,8-9,11-16H2,1-5H3,(H,29,39)(H,30,38)(H,31,34)(H,32,36)(H,33,37)/b10-7+/t18-,19-,20?,23-/m1/s1. The lowest BCUT2D eigenvalue weighted by Crippen LogP contribution is -2.58. The van der Waals surface area contributed by atoms with Gasteiger partial charge in [0.1, 0.15) is 36.4 Å². The van der Waals surface area contributed by atoms with E-state index in [2.05, 4.69) is 51.8 Å². The highest BCUT2D eigenvalue weighted by molar-refractivity contribution is 7.80. The molecule has 5 N–H and O–H groups in total. The summed E-state index contributed by atoms with van der Waals surface area (Å²) in [6.45, 7) is 8.52. The first-order valence-electron chi connectivity index (χ1n) is 14.4. The van der Waals surface area contributed by atoms with Crippen LogP contribution in [0.15, 0.2) is 12.2 Å². The van der Waals surface area contributed by atoms with Gasteiger partial charge in [-0.2, -0.15) is 25.3 Å². The van der Waals surface area contributed by atoms with Crippen molar-refractivity contribution in [2.45, 2.75) is 96.6 Å². The van der Waals surface area contributed by atoms with Gasteiger partial charge in [-0.05, 0) is 64.2 Å². The average molecular weight is 646 g/mol. The molecule has 1 rings (SSSR count). The molecule has 5 amide bonds. The van der Waals surface area contributed by atoms with Gasteiger partial charge in [0, 0.05) is 12.3 Å². The van der Waals surface area contributed by atoms with Crippen LogP contribution in [0, 0.1) is 5.92 Å². The minimum atomic E-state index is -1.10. The van der Waals surface area contributed by atoms with Crippen LogP contribution in [0.5, 0.6) is 0 Å². The Morgan fingerprint density at radius 3 is 2.30 bits per heavy atom. The van der Waals surface area contributed by atoms with E-state index in [1.54, 1.807) is 46.8 Å². The van der Waals surface area contributed by atoms with E-state index in [-0.39, 0.29) is 31.1 Å². The van der Waals surface area contributed by atoms with Gasteiger partial charge in [0.15, 0.2) is 0 Å². The Bertz CT molecular complexity index is 1000. The predicted octanol–water partition coefficient (Wildman–Crippen LogP) is 1.03. The van der Waals surface area contributed by atoms with E-state index in [4.69, 9.17) is 9.47 Å². The van der Waals surface area contributed by atoms with Crippen molar-refractivity contribution in [1.82, 2.24) is 26.6 Å². The van der Waals surface area contributed by atoms with E-state index in [1.807, 2.05) is 0 Å². The van der Waals surface area contributed by atoms with Crippen molar-refractivity contribution in [2.75, 3.05) is 24.6 Å². The lowest BCUT2D eigenvalue weighted by molar-refractivity contribution is -0.148. The first-order chi connectivity index (χ1) is 20.2. The van der Waals surface area contributed by atoms with Gasteiger partial charge in [0.25, 0.3) is 0 Å². The molecule has 0 aromatic heterocycles. The molecule has 0 aromatic carbocycles. The van der Waals surface area contributed by atoms with Crippen LogP contribution in [-0.2, 0) is 33.4 Å². The molecule has 1 heterocycles. The third-order valence-corrected chi connectivity index (χ3v) is 6.65. The van der Waals surface area contributed by atoms with E-state index in [1.165, 1.54) is 0 Å². The molecule has 0 aliphatic carbocycles. The maximum atomic E-state index is 13.3. The molecule has 1 aliphatic heterocycles. The largest absolute Gasteiger partial charge is 0.456 e. The topological polar surface area (TPSA) is 181 Å². The third kappa shape index (κ3) is 15.9. The zero-order valence-electron chi connectivity index (χ0n) is 25.6. The van der Waals surface area contributed by atoms with Gasteiger partial charge in [0.2, 0.25) is 23.6 Å². The highest BCUT2D eigenvalue weighted by Gasteiger charge is 2.31. The molecule has 4 atom stereocenters. The van der Waals surface area contributed by atoms with Gasteiger partial charge in [-0.1, -0.05) is 19.9 Å². The molecular formula is C28H47N5O8S2. The molecule has 0 saturated carbocycles. The molecule has 15 heteroatoms. The number of amides is 5. The molecule has 13 nitrogen and oxygen atoms in total. The van der Waals surface area contributed by atoms with Crippen LogP contribution in [0.25, 0.3) is 0 Å². The van der Waals surface area contributed by atoms with Crippen LogP contribution in [-0.4, -0.2) is 90.1 Å². The number of carbonyl (C=O) groups excluding carboxylic acids is 6. The van der Waals surface area contributed by atoms with Gasteiger partial charge in [-0.15, -0.1) is 0 Å². The maximum absolute atomic E-state index is 13.3. The Hall–Kier alpha value is -2.94. The number of hydrogen-bond donors (Lipinski definition) is 7. The zero-order valence-corrected chi connectivity index (χ0v) is 27.4. The molecule has 43 heavy (non-hydrogen) atoms. The van der Waals surface area contributed by atoms with Crippen LogP contribution < -0.4 is 26.6 Å². The highest BCUT2D eigenvalue weighted by Crippen LogP contribution is 2.10. The summed E-state index contributed by atoms with van der Waals surface area (Å²) in [6, 6.07) is -3.14. The Labute approximate surface area is 264 Å². The van der Waals surface area contributed by atoms with Gasteiger partial charge >= 0.3 is 12.1 Å². The summed E-state index contributed by atoms with van der Waals surface area (Å²) >= 11 is 8.35. The van der Waals surface area contributed by atoms with E-state index in [0.29, 0.717) is 25.0 Å². The van der Waals surface area contributed by atoms with E-state index in [0.717, 1.165) is 0 Å². The quantitative estimate of drug-likeness (QED) is 0.0796. The number of esters is 1. The smallest absolute Gasteiger partial charge is 0.407 e. The zero-order chi connectivity index (χ0) is 32.6. The number of thiol groups is 2. The van der Waals surface area contributed by atoms with Crippen molar-refractivity contribution >= 4 is 60.9 Å². The van der Waals surface area contributed by atoms with Gasteiger partial charge in [-0.25, -0.2) is 4.79 Å². The SMILES string of the molecule is CC(C)[C@H]1NC(=O)C(CS)NC(=O)[C@@H](CCCCNC(=O)OC(C)(C)C)NC(=O)C[C@@H](/C=C/CCS)OC(=O)CNC1=O. The molecule has 244 valence electrons. The lowest BCUT2D eigenvalue weighted by Gasteiger charge is -2.27. The molecule has 1 saturated heterocycles. The van der Waals surface area contributed by atoms with Crippen molar-refractivity contribution in [3.8, 4) is 0 Å². The van der Waals surface area contributed by atoms with Gasteiger partial charge in [-0.3, -0.25) is 24.0 Å². The van der Waals surface area contributed by atoms with E-state index < -0.39 is 72.1 Å². The minimum Gasteiger partial charge on any atom is -0.456 e. The number of ether oxygens (including phenoxy) is 2. The normalized spacial score (nSPS) is 23.2. The molecule has 0 bridgehead atoms. The van der Waals surface area contributed by atoms with E-state index >= 15 is 0 Å². The molecule has 0 spiro atoms. The van der Waals surface area contributed by atoms with Crippen molar-refractivity contribution < 1.29 is 38.2 Å². The summed E-state index contributed by atoms with van der Waals surface area (Å²) in [5.74, 6) is -3.09. The summed E-state index contributed by atoms with van der Waals surface area (Å²) < 4.78 is 10.6. The fourth-order valence-corrected chi connectivity index (χ4v) is 4.30. The molecule has 1 unspecified atom stereocenters. The summed E-state index contributed by atoms with van der Waals surface area (Å²) in [4.78, 5) is 76.6. The third-order valence-electron chi connectivity index (χ3n) is 6.02. The van der Waals surface area contributed by atoms with Crippen molar-refractivity contribution in [3.63, 3.8) is 0 Å². The second-order valence-electron chi connectivity index (χ2n) is 11.4. The van der Waals surface area contributed by atoms with Crippen LogP contribution >= 0.6 is 25.3 Å². The number of carbonyl (C=O) groups is 6. The van der Waals surface area contributed by atoms with Crippen molar-refractivity contribution in [2.24, 2.45) is 5.92 Å². The lowest BCUT2D eigenvalue weighted by atomic mass is 10.0. The number of unbranched alkanes of at least 4 members (excludes halogenated alkanes) is 1. The van der Waals surface area contributed by atoms with Crippen LogP contribution in [0.3, 0.4) is 0 Å². The van der Waals surface area contributed by atoms with Crippen molar-refractivity contribution in [3.05, 3.63) is 12.2 Å². The van der Waals surface area contributed by atoms with Gasteiger partial charge in [0.05, 0.1) is 6.42 Å². The first kappa shape index (κ1) is 38.1.